The van der Waals surface area contributed by atoms with Crippen LogP contribution in [-0.4, -0.2) is 30.7 Å². The second-order valence-corrected chi connectivity index (χ2v) is 6.98. The first-order chi connectivity index (χ1) is 12.8. The molecule has 0 N–H and O–H groups in total. The molecule has 1 aliphatic heterocycles. The molecule has 26 heavy (non-hydrogen) atoms. The summed E-state index contributed by atoms with van der Waals surface area (Å²) in [7, 11) is 0. The van der Waals surface area contributed by atoms with Crippen LogP contribution in [0.5, 0.6) is 0 Å². The predicted molar refractivity (Wildman–Crippen MR) is 104 cm³/mol. The second kappa shape index (κ2) is 7.36. The molecule has 3 heteroatoms. The first-order valence-electron chi connectivity index (χ1n) is 9.58. The standard InChI is InChI=1S/C23H25NO2/c1-2-26-23(25)24-15-13-19(14-16-24)22-20-9-5-3-7-17(20)11-12-18-8-4-6-10-21(18)22/h3-10H,2,11-16H2,1H3. The molecular weight excluding hydrogens is 322 g/mol. The number of carbonyl (C=O) groups is 1. The van der Waals surface area contributed by atoms with Crippen molar-refractivity contribution < 1.29 is 9.53 Å². The summed E-state index contributed by atoms with van der Waals surface area (Å²) >= 11 is 0. The third kappa shape index (κ3) is 3.14. The Kier molecular flexibility index (Phi) is 4.79. The van der Waals surface area contributed by atoms with Crippen LogP contribution in [-0.2, 0) is 17.6 Å². The molecule has 4 rings (SSSR count). The summed E-state index contributed by atoms with van der Waals surface area (Å²) in [5, 5.41) is 0. The molecule has 134 valence electrons. The summed E-state index contributed by atoms with van der Waals surface area (Å²) in [5.74, 6) is 0. The minimum Gasteiger partial charge on any atom is -0.450 e. The van der Waals surface area contributed by atoms with Gasteiger partial charge in [0.2, 0.25) is 0 Å². The van der Waals surface area contributed by atoms with Crippen molar-refractivity contribution in [2.75, 3.05) is 19.7 Å². The van der Waals surface area contributed by atoms with Gasteiger partial charge in [-0.15, -0.1) is 0 Å². The highest BCUT2D eigenvalue weighted by molar-refractivity contribution is 5.86. The normalized spacial score (nSPS) is 16.6. The van der Waals surface area contributed by atoms with Crippen LogP contribution < -0.4 is 0 Å². The molecule has 1 heterocycles. The van der Waals surface area contributed by atoms with Crippen LogP contribution in [0.15, 0.2) is 54.1 Å². The Morgan fingerprint density at radius 3 is 1.96 bits per heavy atom. The van der Waals surface area contributed by atoms with E-state index in [-0.39, 0.29) is 6.09 Å². The van der Waals surface area contributed by atoms with E-state index in [1.807, 2.05) is 11.8 Å². The molecule has 2 aliphatic rings. The number of ether oxygens (including phenoxy) is 1. The Hall–Kier alpha value is -2.55. The second-order valence-electron chi connectivity index (χ2n) is 6.98. The van der Waals surface area contributed by atoms with Crippen LogP contribution in [0.3, 0.4) is 0 Å². The van der Waals surface area contributed by atoms with Crippen molar-refractivity contribution in [1.82, 2.24) is 4.90 Å². The topological polar surface area (TPSA) is 29.5 Å². The van der Waals surface area contributed by atoms with Gasteiger partial charge < -0.3 is 9.64 Å². The summed E-state index contributed by atoms with van der Waals surface area (Å²) in [6.07, 6.45) is 3.81. The Morgan fingerprint density at radius 2 is 1.42 bits per heavy atom. The van der Waals surface area contributed by atoms with Crippen LogP contribution in [0.25, 0.3) is 5.57 Å². The third-order valence-electron chi connectivity index (χ3n) is 5.48. The van der Waals surface area contributed by atoms with E-state index in [1.165, 1.54) is 33.4 Å². The number of nitrogens with zero attached hydrogens (tertiary/aromatic N) is 1. The largest absolute Gasteiger partial charge is 0.450 e. The monoisotopic (exact) mass is 347 g/mol. The van der Waals surface area contributed by atoms with Crippen LogP contribution in [0, 0.1) is 0 Å². The highest BCUT2D eigenvalue weighted by Gasteiger charge is 2.25. The van der Waals surface area contributed by atoms with Gasteiger partial charge in [-0.25, -0.2) is 4.79 Å². The average Bonchev–Trinajstić information content (AvgIpc) is 2.85. The van der Waals surface area contributed by atoms with Gasteiger partial charge in [0.25, 0.3) is 0 Å². The molecule has 0 spiro atoms. The number of aryl methyl sites for hydroxylation is 2. The van der Waals surface area contributed by atoms with Crippen molar-refractivity contribution in [3.05, 3.63) is 76.4 Å². The van der Waals surface area contributed by atoms with Gasteiger partial charge in [-0.1, -0.05) is 54.1 Å². The zero-order valence-corrected chi connectivity index (χ0v) is 15.3. The number of piperidine rings is 1. The Labute approximate surface area is 155 Å². The molecule has 0 atom stereocenters. The van der Waals surface area contributed by atoms with Crippen molar-refractivity contribution in [3.63, 3.8) is 0 Å². The third-order valence-corrected chi connectivity index (χ3v) is 5.48. The molecule has 3 nitrogen and oxygen atoms in total. The first-order valence-corrected chi connectivity index (χ1v) is 9.58. The average molecular weight is 347 g/mol. The van der Waals surface area contributed by atoms with Gasteiger partial charge >= 0.3 is 6.09 Å². The van der Waals surface area contributed by atoms with Gasteiger partial charge in [-0.3, -0.25) is 0 Å². The minimum absolute atomic E-state index is 0.182. The van der Waals surface area contributed by atoms with Crippen LogP contribution in [0.4, 0.5) is 4.79 Å². The van der Waals surface area contributed by atoms with Crippen LogP contribution in [0.1, 0.15) is 42.0 Å². The predicted octanol–water partition coefficient (Wildman–Crippen LogP) is 4.84. The molecule has 0 aromatic heterocycles. The number of carbonyl (C=O) groups excluding carboxylic acids is 1. The fourth-order valence-electron chi connectivity index (χ4n) is 4.18. The lowest BCUT2D eigenvalue weighted by atomic mass is 9.86. The number of hydrogen-bond acceptors (Lipinski definition) is 2. The van der Waals surface area contributed by atoms with E-state index in [9.17, 15) is 4.79 Å². The van der Waals surface area contributed by atoms with Crippen LogP contribution in [0.2, 0.25) is 0 Å². The summed E-state index contributed by atoms with van der Waals surface area (Å²) in [4.78, 5) is 13.9. The van der Waals surface area contributed by atoms with Gasteiger partial charge in [0, 0.05) is 13.1 Å². The quantitative estimate of drug-likeness (QED) is 0.739. The molecule has 2 aromatic carbocycles. The van der Waals surface area contributed by atoms with Gasteiger partial charge in [-0.05, 0) is 60.4 Å². The fraction of sp³-hybridized carbons (Fsp3) is 0.348. The van der Waals surface area contributed by atoms with Crippen molar-refractivity contribution in [3.8, 4) is 0 Å². The highest BCUT2D eigenvalue weighted by Crippen LogP contribution is 2.38. The molecule has 0 radical (unpaired) electrons. The summed E-state index contributed by atoms with van der Waals surface area (Å²) in [5.41, 5.74) is 8.47. The van der Waals surface area contributed by atoms with E-state index in [0.717, 1.165) is 38.8 Å². The highest BCUT2D eigenvalue weighted by atomic mass is 16.6. The number of hydrogen-bond donors (Lipinski definition) is 0. The van der Waals surface area contributed by atoms with Gasteiger partial charge in [-0.2, -0.15) is 0 Å². The Balaban J connectivity index is 1.74. The zero-order chi connectivity index (χ0) is 17.9. The number of fused-ring (bicyclic) bond motifs is 2. The molecule has 1 amide bonds. The Morgan fingerprint density at radius 1 is 0.885 bits per heavy atom. The lowest BCUT2D eigenvalue weighted by Gasteiger charge is -2.29. The van der Waals surface area contributed by atoms with E-state index >= 15 is 0 Å². The van der Waals surface area contributed by atoms with Crippen LogP contribution >= 0.6 is 0 Å². The van der Waals surface area contributed by atoms with Crippen molar-refractivity contribution in [1.29, 1.82) is 0 Å². The molecule has 1 fully saturated rings. The maximum absolute atomic E-state index is 12.0. The fourth-order valence-corrected chi connectivity index (χ4v) is 4.18. The van der Waals surface area contributed by atoms with E-state index in [0.29, 0.717) is 6.61 Å². The minimum atomic E-state index is -0.182. The molecule has 0 unspecified atom stereocenters. The molecule has 1 saturated heterocycles. The smallest absolute Gasteiger partial charge is 0.409 e. The summed E-state index contributed by atoms with van der Waals surface area (Å²) in [6.45, 7) is 3.77. The van der Waals surface area contributed by atoms with Crippen molar-refractivity contribution >= 4 is 11.7 Å². The first kappa shape index (κ1) is 16.9. The molecule has 1 aliphatic carbocycles. The van der Waals surface area contributed by atoms with Gasteiger partial charge in [0.15, 0.2) is 0 Å². The number of amides is 1. The van der Waals surface area contributed by atoms with E-state index in [4.69, 9.17) is 4.74 Å². The molecule has 2 aromatic rings. The number of rotatable bonds is 1. The van der Waals surface area contributed by atoms with Gasteiger partial charge in [0.05, 0.1) is 6.61 Å². The maximum Gasteiger partial charge on any atom is 0.409 e. The lowest BCUT2D eigenvalue weighted by molar-refractivity contribution is 0.104. The van der Waals surface area contributed by atoms with E-state index < -0.39 is 0 Å². The molecule has 0 bridgehead atoms. The zero-order valence-electron chi connectivity index (χ0n) is 15.3. The SMILES string of the molecule is CCOC(=O)N1CCC(=C2c3ccccc3CCc3ccccc32)CC1. The van der Waals surface area contributed by atoms with Gasteiger partial charge in [0.1, 0.15) is 0 Å². The summed E-state index contributed by atoms with van der Waals surface area (Å²) in [6, 6.07) is 17.6. The molecule has 0 saturated carbocycles. The summed E-state index contributed by atoms with van der Waals surface area (Å²) < 4.78 is 5.17. The Bertz CT molecular complexity index is 793. The lowest BCUT2D eigenvalue weighted by Crippen LogP contribution is -2.37. The van der Waals surface area contributed by atoms with Crippen molar-refractivity contribution in [2.24, 2.45) is 0 Å². The number of benzene rings is 2. The van der Waals surface area contributed by atoms with E-state index in [2.05, 4.69) is 48.5 Å². The molecular formula is C23H25NO2. The van der Waals surface area contributed by atoms with Crippen molar-refractivity contribution in [2.45, 2.75) is 32.6 Å². The van der Waals surface area contributed by atoms with E-state index in [1.54, 1.807) is 0 Å². The maximum atomic E-state index is 12.0. The number of likely N-dealkylation sites (tertiary alicyclic amines) is 1.